The first-order valence-corrected chi connectivity index (χ1v) is 9.67. The third-order valence-electron chi connectivity index (χ3n) is 4.48. The van der Waals surface area contributed by atoms with E-state index in [1.165, 1.54) is 17.4 Å². The number of amides is 1. The van der Waals surface area contributed by atoms with Crippen molar-refractivity contribution >= 4 is 49.8 Å². The van der Waals surface area contributed by atoms with E-state index in [4.69, 9.17) is 11.6 Å². The highest BCUT2D eigenvalue weighted by Crippen LogP contribution is 2.37. The number of carbonyl (C=O) groups is 1. The topological polar surface area (TPSA) is 44.9 Å². The molecule has 1 amide bonds. The maximum Gasteiger partial charge on any atom is 0.431 e. The molecule has 2 heterocycles. The number of aromatic amines is 1. The van der Waals surface area contributed by atoms with Gasteiger partial charge in [0.25, 0.3) is 5.91 Å². The Kier molecular flexibility index (Phi) is 4.81. The SMILES string of the molecule is O=C(NCCc1c(C(F)(F)F)[nH]c2c(Cl)cccc12)c1cc2ccccc2s1. The number of hydrogen-bond acceptors (Lipinski definition) is 2. The van der Waals surface area contributed by atoms with Crippen LogP contribution in [0.4, 0.5) is 13.2 Å². The number of rotatable bonds is 4. The first-order valence-electron chi connectivity index (χ1n) is 8.47. The Bertz CT molecular complexity index is 1150. The number of alkyl halides is 3. The summed E-state index contributed by atoms with van der Waals surface area (Å²) in [5, 5.41) is 4.31. The molecule has 0 bridgehead atoms. The van der Waals surface area contributed by atoms with Crippen molar-refractivity contribution in [3.8, 4) is 0 Å². The Balaban J connectivity index is 1.55. The van der Waals surface area contributed by atoms with E-state index in [1.54, 1.807) is 18.2 Å². The number of benzene rings is 2. The van der Waals surface area contributed by atoms with Crippen molar-refractivity contribution in [2.75, 3.05) is 6.54 Å². The highest BCUT2D eigenvalue weighted by Gasteiger charge is 2.36. The van der Waals surface area contributed by atoms with Crippen LogP contribution in [-0.4, -0.2) is 17.4 Å². The molecule has 0 spiro atoms. The second kappa shape index (κ2) is 7.14. The van der Waals surface area contributed by atoms with Gasteiger partial charge in [0.1, 0.15) is 5.69 Å². The summed E-state index contributed by atoms with van der Waals surface area (Å²) in [6.45, 7) is 0.0790. The highest BCUT2D eigenvalue weighted by atomic mass is 35.5. The van der Waals surface area contributed by atoms with E-state index in [0.29, 0.717) is 10.3 Å². The normalized spacial score (nSPS) is 12.0. The molecule has 0 saturated carbocycles. The van der Waals surface area contributed by atoms with Crippen LogP contribution in [0, 0.1) is 0 Å². The van der Waals surface area contributed by atoms with E-state index < -0.39 is 11.9 Å². The number of para-hydroxylation sites is 1. The van der Waals surface area contributed by atoms with Gasteiger partial charge in [-0.15, -0.1) is 11.3 Å². The second-order valence-electron chi connectivity index (χ2n) is 6.29. The number of aromatic nitrogens is 1. The van der Waals surface area contributed by atoms with E-state index in [0.717, 1.165) is 10.1 Å². The molecule has 0 aliphatic rings. The Morgan fingerprint density at radius 2 is 1.93 bits per heavy atom. The lowest BCUT2D eigenvalue weighted by atomic mass is 10.1. The molecule has 3 nitrogen and oxygen atoms in total. The molecule has 0 aliphatic carbocycles. The molecule has 144 valence electrons. The third kappa shape index (κ3) is 3.47. The van der Waals surface area contributed by atoms with Gasteiger partial charge in [0, 0.05) is 16.6 Å². The van der Waals surface area contributed by atoms with Crippen molar-refractivity contribution in [3.05, 3.63) is 69.7 Å². The smallest absolute Gasteiger partial charge is 0.351 e. The minimum absolute atomic E-state index is 0.0336. The van der Waals surface area contributed by atoms with Gasteiger partial charge < -0.3 is 10.3 Å². The van der Waals surface area contributed by atoms with Crippen LogP contribution in [0.25, 0.3) is 21.0 Å². The van der Waals surface area contributed by atoms with Gasteiger partial charge >= 0.3 is 6.18 Å². The number of H-pyrrole nitrogens is 1. The summed E-state index contributed by atoms with van der Waals surface area (Å²) in [7, 11) is 0. The molecular formula is C20H14ClF3N2OS. The number of hydrogen-bond donors (Lipinski definition) is 2. The van der Waals surface area contributed by atoms with Crippen LogP contribution in [-0.2, 0) is 12.6 Å². The Labute approximate surface area is 167 Å². The lowest BCUT2D eigenvalue weighted by molar-refractivity contribution is -0.141. The van der Waals surface area contributed by atoms with E-state index in [2.05, 4.69) is 10.3 Å². The summed E-state index contributed by atoms with van der Waals surface area (Å²) in [5.41, 5.74) is -0.476. The predicted octanol–water partition coefficient (Wildman–Crippen LogP) is 6.03. The standard InChI is InChI=1S/C20H14ClF3N2OS/c21-14-6-3-5-12-13(18(20(22,23)24)26-17(12)14)8-9-25-19(27)16-10-11-4-1-2-7-15(11)28-16/h1-7,10,26H,8-9H2,(H,25,27). The molecule has 0 fully saturated rings. The highest BCUT2D eigenvalue weighted by molar-refractivity contribution is 7.20. The van der Waals surface area contributed by atoms with Gasteiger partial charge in [-0.3, -0.25) is 4.79 Å². The van der Waals surface area contributed by atoms with Crippen molar-refractivity contribution in [1.82, 2.24) is 10.3 Å². The number of fused-ring (bicyclic) bond motifs is 2. The van der Waals surface area contributed by atoms with Crippen LogP contribution in [0.2, 0.25) is 5.02 Å². The van der Waals surface area contributed by atoms with Crippen LogP contribution in [0.1, 0.15) is 20.9 Å². The summed E-state index contributed by atoms with van der Waals surface area (Å²) < 4.78 is 41.3. The summed E-state index contributed by atoms with van der Waals surface area (Å²) in [5.74, 6) is -0.298. The quantitative estimate of drug-likeness (QED) is 0.414. The lowest BCUT2D eigenvalue weighted by Gasteiger charge is -2.09. The van der Waals surface area contributed by atoms with Crippen molar-refractivity contribution in [3.63, 3.8) is 0 Å². The predicted molar refractivity (Wildman–Crippen MR) is 106 cm³/mol. The molecular weight excluding hydrogens is 409 g/mol. The van der Waals surface area contributed by atoms with Gasteiger partial charge in [0.2, 0.25) is 0 Å². The first kappa shape index (κ1) is 18.8. The molecule has 28 heavy (non-hydrogen) atoms. The van der Waals surface area contributed by atoms with E-state index in [9.17, 15) is 18.0 Å². The average Bonchev–Trinajstić information content (AvgIpc) is 3.24. The molecule has 0 aliphatic heterocycles. The number of thiophene rings is 1. The van der Waals surface area contributed by atoms with E-state index >= 15 is 0 Å². The Hall–Kier alpha value is -2.51. The van der Waals surface area contributed by atoms with Crippen molar-refractivity contribution in [2.24, 2.45) is 0 Å². The number of nitrogens with one attached hydrogen (secondary N) is 2. The molecule has 4 rings (SSSR count). The first-order chi connectivity index (χ1) is 13.3. The third-order valence-corrected chi connectivity index (χ3v) is 5.91. The minimum Gasteiger partial charge on any atom is -0.351 e. The van der Waals surface area contributed by atoms with Crippen molar-refractivity contribution in [2.45, 2.75) is 12.6 Å². The zero-order chi connectivity index (χ0) is 19.9. The molecule has 0 atom stereocenters. The van der Waals surface area contributed by atoms with Gasteiger partial charge in [-0.05, 0) is 35.6 Å². The van der Waals surface area contributed by atoms with Crippen LogP contribution >= 0.6 is 22.9 Å². The Morgan fingerprint density at radius 1 is 1.14 bits per heavy atom. The van der Waals surface area contributed by atoms with Crippen LogP contribution in [0.3, 0.4) is 0 Å². The minimum atomic E-state index is -4.53. The zero-order valence-corrected chi connectivity index (χ0v) is 15.9. The molecule has 2 aromatic carbocycles. The maximum absolute atomic E-state index is 13.4. The van der Waals surface area contributed by atoms with Crippen molar-refractivity contribution in [1.29, 1.82) is 0 Å². The van der Waals surface area contributed by atoms with Gasteiger partial charge in [-0.1, -0.05) is 41.9 Å². The average molecular weight is 423 g/mol. The largest absolute Gasteiger partial charge is 0.431 e. The van der Waals surface area contributed by atoms with Crippen LogP contribution in [0.15, 0.2) is 48.5 Å². The van der Waals surface area contributed by atoms with E-state index in [1.807, 2.05) is 24.3 Å². The van der Waals surface area contributed by atoms with Gasteiger partial charge in [-0.2, -0.15) is 13.2 Å². The molecule has 0 unspecified atom stereocenters. The molecule has 0 saturated heterocycles. The summed E-state index contributed by atoms with van der Waals surface area (Å²) in [6.07, 6.45) is -4.50. The molecule has 2 N–H and O–H groups in total. The van der Waals surface area contributed by atoms with Crippen LogP contribution < -0.4 is 5.32 Å². The van der Waals surface area contributed by atoms with Gasteiger partial charge in [0.05, 0.1) is 15.4 Å². The molecule has 8 heteroatoms. The fraction of sp³-hybridized carbons (Fsp3) is 0.150. The maximum atomic E-state index is 13.4. The molecule has 4 aromatic rings. The van der Waals surface area contributed by atoms with E-state index in [-0.39, 0.29) is 35.0 Å². The summed E-state index contributed by atoms with van der Waals surface area (Å²) >= 11 is 7.38. The Morgan fingerprint density at radius 3 is 2.68 bits per heavy atom. The molecule has 0 radical (unpaired) electrons. The summed E-state index contributed by atoms with van der Waals surface area (Å²) in [6, 6.07) is 14.1. The fourth-order valence-corrected chi connectivity index (χ4v) is 4.42. The monoisotopic (exact) mass is 422 g/mol. The van der Waals surface area contributed by atoms with Crippen molar-refractivity contribution < 1.29 is 18.0 Å². The zero-order valence-electron chi connectivity index (χ0n) is 14.4. The van der Waals surface area contributed by atoms with Crippen LogP contribution in [0.5, 0.6) is 0 Å². The fourth-order valence-electron chi connectivity index (χ4n) is 3.22. The lowest BCUT2D eigenvalue weighted by Crippen LogP contribution is -2.25. The summed E-state index contributed by atoms with van der Waals surface area (Å²) in [4.78, 5) is 15.3. The molecule has 2 aromatic heterocycles. The number of carbonyl (C=O) groups excluding carboxylic acids is 1. The van der Waals surface area contributed by atoms with Gasteiger partial charge in [0.15, 0.2) is 0 Å². The second-order valence-corrected chi connectivity index (χ2v) is 7.78. The number of halogens is 4. The van der Waals surface area contributed by atoms with Gasteiger partial charge in [-0.25, -0.2) is 0 Å².